The van der Waals surface area contributed by atoms with Crippen molar-refractivity contribution in [1.29, 1.82) is 0 Å². The highest BCUT2D eigenvalue weighted by Crippen LogP contribution is 2.34. The highest BCUT2D eigenvalue weighted by atomic mass is 15.0. The molecule has 0 amide bonds. The molecule has 3 aromatic carbocycles. The van der Waals surface area contributed by atoms with Gasteiger partial charge in [-0.2, -0.15) is 0 Å². The van der Waals surface area contributed by atoms with Crippen molar-refractivity contribution in [3.8, 4) is 22.8 Å². The molecule has 0 aliphatic rings. The van der Waals surface area contributed by atoms with Gasteiger partial charge in [-0.25, -0.2) is 9.97 Å². The molecule has 0 bridgehead atoms. The molecule has 0 spiro atoms. The number of aromatic nitrogens is 4. The van der Waals surface area contributed by atoms with Crippen molar-refractivity contribution in [3.63, 3.8) is 0 Å². The van der Waals surface area contributed by atoms with Gasteiger partial charge in [-0.1, -0.05) is 60.7 Å². The molecule has 0 radical (unpaired) electrons. The molecule has 0 atom stereocenters. The number of rotatable bonds is 2. The van der Waals surface area contributed by atoms with Gasteiger partial charge in [0, 0.05) is 21.9 Å². The van der Waals surface area contributed by atoms with Crippen LogP contribution in [0.3, 0.4) is 0 Å². The third-order valence-electron chi connectivity index (χ3n) is 5.18. The summed E-state index contributed by atoms with van der Waals surface area (Å²) in [6.07, 6.45) is 0. The zero-order valence-corrected chi connectivity index (χ0v) is 15.0. The number of nitrogens with one attached hydrogen (secondary N) is 2. The van der Waals surface area contributed by atoms with Crippen LogP contribution < -0.4 is 0 Å². The quantitative estimate of drug-likeness (QED) is 0.402. The van der Waals surface area contributed by atoms with Crippen LogP contribution in [0.4, 0.5) is 0 Å². The maximum Gasteiger partial charge on any atom is 0.157 e. The van der Waals surface area contributed by atoms with E-state index >= 15 is 0 Å². The lowest BCUT2D eigenvalue weighted by Crippen LogP contribution is -1.91. The number of imidazole rings is 1. The normalized spacial score (nSPS) is 11.6. The molecule has 0 aliphatic heterocycles. The molecule has 3 heterocycles. The molecular formula is C24H16N4. The molecule has 4 heteroatoms. The summed E-state index contributed by atoms with van der Waals surface area (Å²) in [5.41, 5.74) is 6.97. The Morgan fingerprint density at radius 3 is 2.21 bits per heavy atom. The second kappa shape index (κ2) is 5.79. The first-order valence-electron chi connectivity index (χ1n) is 9.29. The van der Waals surface area contributed by atoms with E-state index in [0.29, 0.717) is 0 Å². The molecule has 2 N–H and O–H groups in total. The number of pyridine rings is 1. The summed E-state index contributed by atoms with van der Waals surface area (Å²) < 4.78 is 0. The molecule has 0 fully saturated rings. The fraction of sp³-hybridized carbons (Fsp3) is 0. The number of fused-ring (bicyclic) bond motifs is 4. The summed E-state index contributed by atoms with van der Waals surface area (Å²) in [6, 6.07) is 28.8. The second-order valence-corrected chi connectivity index (χ2v) is 6.92. The summed E-state index contributed by atoms with van der Waals surface area (Å²) >= 11 is 0. The standard InChI is InChI=1S/C24H16N4/c1-2-8-15(9-3-1)22-23-17(16-10-4-5-11-18(16)25-23)14-21(26-22)24-27-19-12-6-7-13-20(19)28-24/h1-14,25H,(H,27,28). The minimum atomic E-state index is 0.783. The lowest BCUT2D eigenvalue weighted by Gasteiger charge is -2.06. The third kappa shape index (κ3) is 2.25. The molecule has 0 saturated heterocycles. The summed E-state index contributed by atoms with van der Waals surface area (Å²) in [7, 11) is 0. The van der Waals surface area contributed by atoms with Crippen molar-refractivity contribution in [2.45, 2.75) is 0 Å². The molecule has 0 unspecified atom stereocenters. The van der Waals surface area contributed by atoms with Crippen LogP contribution in [0.2, 0.25) is 0 Å². The van der Waals surface area contributed by atoms with Gasteiger partial charge >= 0.3 is 0 Å². The summed E-state index contributed by atoms with van der Waals surface area (Å²) in [6.45, 7) is 0. The fourth-order valence-corrected chi connectivity index (χ4v) is 3.85. The van der Waals surface area contributed by atoms with E-state index in [0.717, 1.165) is 50.2 Å². The van der Waals surface area contributed by atoms with Gasteiger partial charge in [-0.15, -0.1) is 0 Å². The molecule has 6 aromatic rings. The Bertz CT molecular complexity index is 1430. The van der Waals surface area contributed by atoms with Crippen LogP contribution in [0.1, 0.15) is 0 Å². The van der Waals surface area contributed by atoms with Crippen LogP contribution in [0.15, 0.2) is 84.9 Å². The highest BCUT2D eigenvalue weighted by molar-refractivity contribution is 6.12. The average Bonchev–Trinajstić information content (AvgIpc) is 3.35. The Morgan fingerprint density at radius 2 is 1.36 bits per heavy atom. The third-order valence-corrected chi connectivity index (χ3v) is 5.18. The molecule has 3 aromatic heterocycles. The van der Waals surface area contributed by atoms with Gasteiger partial charge in [-0.05, 0) is 24.3 Å². The van der Waals surface area contributed by atoms with Crippen LogP contribution in [-0.2, 0) is 0 Å². The van der Waals surface area contributed by atoms with Gasteiger partial charge in [-0.3, -0.25) is 0 Å². The van der Waals surface area contributed by atoms with E-state index in [1.807, 2.05) is 48.5 Å². The van der Waals surface area contributed by atoms with Crippen molar-refractivity contribution in [2.75, 3.05) is 0 Å². The smallest absolute Gasteiger partial charge is 0.157 e. The minimum Gasteiger partial charge on any atom is -0.353 e. The Kier molecular flexibility index (Phi) is 3.14. The zero-order chi connectivity index (χ0) is 18.5. The SMILES string of the molecule is c1ccc(-c2nc(-c3nc4ccccc4[nH]3)cc3c2[nH]c2ccccc23)cc1. The summed E-state index contributed by atoms with van der Waals surface area (Å²) in [4.78, 5) is 16.7. The number of H-pyrrole nitrogens is 2. The van der Waals surface area contributed by atoms with E-state index in [9.17, 15) is 0 Å². The number of para-hydroxylation sites is 3. The van der Waals surface area contributed by atoms with Crippen molar-refractivity contribution in [1.82, 2.24) is 19.9 Å². The van der Waals surface area contributed by atoms with E-state index in [1.54, 1.807) is 0 Å². The van der Waals surface area contributed by atoms with Crippen LogP contribution in [0, 0.1) is 0 Å². The predicted molar refractivity (Wildman–Crippen MR) is 114 cm³/mol. The fourth-order valence-electron chi connectivity index (χ4n) is 3.85. The van der Waals surface area contributed by atoms with Crippen LogP contribution in [0.25, 0.3) is 55.6 Å². The van der Waals surface area contributed by atoms with Gasteiger partial charge in [0.15, 0.2) is 5.82 Å². The van der Waals surface area contributed by atoms with Crippen LogP contribution >= 0.6 is 0 Å². The van der Waals surface area contributed by atoms with Gasteiger partial charge in [0.2, 0.25) is 0 Å². The Hall–Kier alpha value is -3.92. The lowest BCUT2D eigenvalue weighted by atomic mass is 10.1. The maximum absolute atomic E-state index is 5.01. The average molecular weight is 360 g/mol. The molecular weight excluding hydrogens is 344 g/mol. The van der Waals surface area contributed by atoms with E-state index in [2.05, 4.69) is 46.4 Å². The highest BCUT2D eigenvalue weighted by Gasteiger charge is 2.15. The van der Waals surface area contributed by atoms with Gasteiger partial charge in [0.25, 0.3) is 0 Å². The van der Waals surface area contributed by atoms with E-state index in [-0.39, 0.29) is 0 Å². The minimum absolute atomic E-state index is 0.783. The molecule has 0 saturated carbocycles. The van der Waals surface area contributed by atoms with Gasteiger partial charge in [0.05, 0.1) is 22.2 Å². The number of aromatic amines is 2. The first-order chi connectivity index (χ1) is 13.9. The van der Waals surface area contributed by atoms with Crippen molar-refractivity contribution < 1.29 is 0 Å². The van der Waals surface area contributed by atoms with Crippen molar-refractivity contribution >= 4 is 32.8 Å². The van der Waals surface area contributed by atoms with E-state index in [4.69, 9.17) is 9.97 Å². The van der Waals surface area contributed by atoms with Crippen molar-refractivity contribution in [2.24, 2.45) is 0 Å². The van der Waals surface area contributed by atoms with Crippen LogP contribution in [0.5, 0.6) is 0 Å². The second-order valence-electron chi connectivity index (χ2n) is 6.92. The van der Waals surface area contributed by atoms with E-state index < -0.39 is 0 Å². The van der Waals surface area contributed by atoms with E-state index in [1.165, 1.54) is 5.39 Å². The monoisotopic (exact) mass is 360 g/mol. The summed E-state index contributed by atoms with van der Waals surface area (Å²) in [5, 5.41) is 2.34. The zero-order valence-electron chi connectivity index (χ0n) is 15.0. The Morgan fingerprint density at radius 1 is 0.607 bits per heavy atom. The number of hydrogen-bond donors (Lipinski definition) is 2. The molecule has 6 rings (SSSR count). The lowest BCUT2D eigenvalue weighted by molar-refractivity contribution is 1.25. The van der Waals surface area contributed by atoms with Crippen LogP contribution in [-0.4, -0.2) is 19.9 Å². The number of hydrogen-bond acceptors (Lipinski definition) is 2. The largest absolute Gasteiger partial charge is 0.353 e. The summed E-state index contributed by atoms with van der Waals surface area (Å²) in [5.74, 6) is 0.783. The molecule has 28 heavy (non-hydrogen) atoms. The van der Waals surface area contributed by atoms with Gasteiger partial charge < -0.3 is 9.97 Å². The molecule has 4 nitrogen and oxygen atoms in total. The number of benzene rings is 3. The Balaban J connectivity index is 1.70. The topological polar surface area (TPSA) is 57.4 Å². The Labute approximate surface area is 160 Å². The van der Waals surface area contributed by atoms with Crippen molar-refractivity contribution in [3.05, 3.63) is 84.9 Å². The number of nitrogens with zero attached hydrogens (tertiary/aromatic N) is 2. The predicted octanol–water partition coefficient (Wildman–Crippen LogP) is 5.93. The first-order valence-corrected chi connectivity index (χ1v) is 9.29. The maximum atomic E-state index is 5.01. The first kappa shape index (κ1) is 15.2. The molecule has 0 aliphatic carbocycles. The van der Waals surface area contributed by atoms with Gasteiger partial charge in [0.1, 0.15) is 5.69 Å². The molecule has 132 valence electrons.